The Morgan fingerprint density at radius 2 is 1.79 bits per heavy atom. The second-order valence-corrected chi connectivity index (χ2v) is 11.0. The summed E-state index contributed by atoms with van der Waals surface area (Å²) >= 11 is 6.83. The summed E-state index contributed by atoms with van der Waals surface area (Å²) in [5.41, 5.74) is -0.263. The van der Waals surface area contributed by atoms with Crippen LogP contribution in [-0.2, 0) is 14.3 Å². The molecule has 0 radical (unpaired) electrons. The Balaban J connectivity index is 1.59. The summed E-state index contributed by atoms with van der Waals surface area (Å²) in [7, 11) is 0. The minimum absolute atomic E-state index is 0.00929. The summed E-state index contributed by atoms with van der Waals surface area (Å²) in [6, 6.07) is 0. The first-order valence-corrected chi connectivity index (χ1v) is 11.4. The Bertz CT molecular complexity index is 861. The van der Waals surface area contributed by atoms with Crippen LogP contribution >= 0.6 is 11.6 Å². The largest absolute Gasteiger partial charge is 0.451 e. The number of aliphatic hydroxyl groups is 1. The number of carbonyl (C=O) groups is 2. The van der Waals surface area contributed by atoms with Crippen LogP contribution in [-0.4, -0.2) is 28.6 Å². The second kappa shape index (κ2) is 5.97. The van der Waals surface area contributed by atoms with Crippen LogP contribution in [0.15, 0.2) is 22.8 Å². The molecule has 0 saturated heterocycles. The van der Waals surface area contributed by atoms with Gasteiger partial charge in [-0.3, -0.25) is 9.59 Å². The number of Topliss-reactive ketones (excluding diaryl/α,β-unsaturated/α-hetero) is 1. The summed E-state index contributed by atoms with van der Waals surface area (Å²) < 4.78 is 5.83. The normalized spacial score (nSPS) is 52.2. The van der Waals surface area contributed by atoms with Crippen LogP contribution in [0.5, 0.6) is 0 Å². The highest BCUT2D eigenvalue weighted by molar-refractivity contribution is 6.32. The number of hydrogen-bond donors (Lipinski definition) is 1. The summed E-state index contributed by atoms with van der Waals surface area (Å²) in [6.45, 7) is 7.49. The molecule has 5 aliphatic carbocycles. The zero-order chi connectivity index (χ0) is 20.9. The Labute approximate surface area is 177 Å². The van der Waals surface area contributed by atoms with Crippen LogP contribution in [0.1, 0.15) is 59.8 Å². The zero-order valence-corrected chi connectivity index (χ0v) is 18.5. The Kier molecular flexibility index (Phi) is 4.08. The molecule has 9 atom stereocenters. The molecule has 5 aliphatic rings. The monoisotopic (exact) mass is 418 g/mol. The average Bonchev–Trinajstić information content (AvgIpc) is 3.39. The maximum Gasteiger partial charge on any atom is 0.303 e. The number of ketones is 1. The van der Waals surface area contributed by atoms with E-state index in [1.165, 1.54) is 6.92 Å². The number of esters is 1. The summed E-state index contributed by atoms with van der Waals surface area (Å²) in [5, 5.41) is 11.2. The number of ether oxygens (including phenoxy) is 1. The number of fused-ring (bicyclic) bond motifs is 7. The number of allylic oxidation sites excluding steroid dienone is 3. The van der Waals surface area contributed by atoms with Gasteiger partial charge in [-0.1, -0.05) is 37.6 Å². The number of rotatable bonds is 2. The van der Waals surface area contributed by atoms with Crippen molar-refractivity contribution in [2.45, 2.75) is 71.5 Å². The lowest BCUT2D eigenvalue weighted by Gasteiger charge is -2.58. The van der Waals surface area contributed by atoms with E-state index in [2.05, 4.69) is 19.9 Å². The van der Waals surface area contributed by atoms with Crippen LogP contribution in [0.3, 0.4) is 0 Å². The molecule has 0 aromatic carbocycles. The molecule has 3 saturated carbocycles. The third kappa shape index (κ3) is 2.31. The molecule has 5 rings (SSSR count). The molecule has 0 bridgehead atoms. The number of hydrogen-bond acceptors (Lipinski definition) is 4. The highest BCUT2D eigenvalue weighted by atomic mass is 35.5. The molecule has 0 aliphatic heterocycles. The van der Waals surface area contributed by atoms with Gasteiger partial charge in [0.1, 0.15) is 0 Å². The minimum Gasteiger partial charge on any atom is -0.451 e. The fourth-order valence-electron chi connectivity index (χ4n) is 8.22. The fraction of sp³-hybridized carbons (Fsp3) is 0.750. The van der Waals surface area contributed by atoms with E-state index in [0.717, 1.165) is 36.3 Å². The van der Waals surface area contributed by atoms with Crippen molar-refractivity contribution < 1.29 is 19.4 Å². The standard InChI is InChI=1S/C24H31ClO4/c1-12(26)24(29-13(2)27)8-6-16-14-10-20(25)19-11-21(28)15-9-18(15)23(19,4)17(14)5-7-22(16,24)3/h10-11,14-18,21,28H,5-9H2,1-4H3/t14-,15?,16-,17+,18?,21?,22-,23+,24+/m0/s1. The van der Waals surface area contributed by atoms with Gasteiger partial charge >= 0.3 is 5.97 Å². The van der Waals surface area contributed by atoms with Crippen molar-refractivity contribution in [3.8, 4) is 0 Å². The van der Waals surface area contributed by atoms with Crippen LogP contribution < -0.4 is 0 Å². The predicted molar refractivity (Wildman–Crippen MR) is 110 cm³/mol. The van der Waals surface area contributed by atoms with Crippen molar-refractivity contribution in [3.63, 3.8) is 0 Å². The first-order valence-electron chi connectivity index (χ1n) is 11.0. The van der Waals surface area contributed by atoms with E-state index >= 15 is 0 Å². The van der Waals surface area contributed by atoms with E-state index < -0.39 is 5.60 Å². The predicted octanol–water partition coefficient (Wildman–Crippen LogP) is 4.40. The van der Waals surface area contributed by atoms with Gasteiger partial charge in [0.05, 0.1) is 6.10 Å². The van der Waals surface area contributed by atoms with Gasteiger partial charge in [-0.2, -0.15) is 0 Å². The molecule has 3 fully saturated rings. The van der Waals surface area contributed by atoms with Gasteiger partial charge in [0.25, 0.3) is 0 Å². The molecule has 0 spiro atoms. The van der Waals surface area contributed by atoms with Crippen molar-refractivity contribution in [1.29, 1.82) is 0 Å². The lowest BCUT2D eigenvalue weighted by atomic mass is 9.47. The average molecular weight is 419 g/mol. The van der Waals surface area contributed by atoms with Gasteiger partial charge in [-0.05, 0) is 74.2 Å². The topological polar surface area (TPSA) is 63.6 Å². The third-order valence-electron chi connectivity index (χ3n) is 9.67. The quantitative estimate of drug-likeness (QED) is 0.675. The van der Waals surface area contributed by atoms with Crippen molar-refractivity contribution in [1.82, 2.24) is 0 Å². The Morgan fingerprint density at radius 1 is 1.10 bits per heavy atom. The van der Waals surface area contributed by atoms with Crippen LogP contribution in [0.25, 0.3) is 0 Å². The summed E-state index contributed by atoms with van der Waals surface area (Å²) in [5.74, 6) is 1.44. The van der Waals surface area contributed by atoms with Gasteiger partial charge in [0, 0.05) is 22.8 Å². The molecular weight excluding hydrogens is 388 g/mol. The molecule has 0 aromatic rings. The first kappa shape index (κ1) is 19.8. The van der Waals surface area contributed by atoms with Gasteiger partial charge in [-0.15, -0.1) is 0 Å². The van der Waals surface area contributed by atoms with Crippen LogP contribution in [0, 0.1) is 40.4 Å². The molecule has 29 heavy (non-hydrogen) atoms. The maximum atomic E-state index is 12.8. The molecule has 3 unspecified atom stereocenters. The molecule has 158 valence electrons. The smallest absolute Gasteiger partial charge is 0.303 e. The number of halogens is 1. The highest BCUT2D eigenvalue weighted by Gasteiger charge is 2.70. The van der Waals surface area contributed by atoms with E-state index in [4.69, 9.17) is 16.3 Å². The van der Waals surface area contributed by atoms with E-state index in [1.54, 1.807) is 6.92 Å². The molecular formula is C24H31ClO4. The third-order valence-corrected chi connectivity index (χ3v) is 10.0. The van der Waals surface area contributed by atoms with Crippen LogP contribution in [0.4, 0.5) is 0 Å². The Hall–Kier alpha value is -1.13. The van der Waals surface area contributed by atoms with Crippen molar-refractivity contribution >= 4 is 23.4 Å². The van der Waals surface area contributed by atoms with Crippen molar-refractivity contribution in [2.24, 2.45) is 40.4 Å². The zero-order valence-electron chi connectivity index (χ0n) is 17.7. The summed E-state index contributed by atoms with van der Waals surface area (Å²) in [4.78, 5) is 24.8. The molecule has 1 N–H and O–H groups in total. The van der Waals surface area contributed by atoms with Crippen molar-refractivity contribution in [3.05, 3.63) is 22.8 Å². The Morgan fingerprint density at radius 3 is 2.45 bits per heavy atom. The van der Waals surface area contributed by atoms with Gasteiger partial charge in [-0.25, -0.2) is 0 Å². The fourth-order valence-corrected chi connectivity index (χ4v) is 8.63. The molecule has 4 nitrogen and oxygen atoms in total. The SMILES string of the molecule is CC(=O)O[C@@]1(C(C)=O)CC[C@H]2[C@@H]3C=C(Cl)C4=CC(O)C5CC5[C@@]4(C)[C@@H]3CC[C@@]21C. The van der Waals surface area contributed by atoms with Gasteiger partial charge < -0.3 is 9.84 Å². The van der Waals surface area contributed by atoms with Gasteiger partial charge in [0.2, 0.25) is 0 Å². The van der Waals surface area contributed by atoms with E-state index in [-0.39, 0.29) is 40.5 Å². The highest BCUT2D eigenvalue weighted by Crippen LogP contribution is 2.72. The maximum absolute atomic E-state index is 12.8. The second-order valence-electron chi connectivity index (χ2n) is 10.6. The van der Waals surface area contributed by atoms with Crippen molar-refractivity contribution in [2.75, 3.05) is 0 Å². The molecule has 5 heteroatoms. The number of carbonyl (C=O) groups excluding carboxylic acids is 2. The lowest BCUT2D eigenvalue weighted by molar-refractivity contribution is -0.185. The summed E-state index contributed by atoms with van der Waals surface area (Å²) in [6.07, 6.45) is 8.22. The minimum atomic E-state index is -1.02. The molecule has 0 amide bonds. The lowest BCUT2D eigenvalue weighted by Crippen LogP contribution is -2.58. The van der Waals surface area contributed by atoms with E-state index in [9.17, 15) is 14.7 Å². The van der Waals surface area contributed by atoms with Gasteiger partial charge in [0.15, 0.2) is 11.4 Å². The van der Waals surface area contributed by atoms with E-state index in [1.807, 2.05) is 6.08 Å². The molecule has 0 heterocycles. The van der Waals surface area contributed by atoms with E-state index in [0.29, 0.717) is 24.2 Å². The van der Waals surface area contributed by atoms with Crippen LogP contribution in [0.2, 0.25) is 0 Å². The molecule has 0 aromatic heterocycles. The first-order chi connectivity index (χ1) is 13.6. The number of aliphatic hydroxyl groups excluding tert-OH is 1.